The monoisotopic (exact) mass is 493 g/mol. The van der Waals surface area contributed by atoms with Gasteiger partial charge in [-0.15, -0.1) is 0 Å². The molecular weight excluding hydrogens is 470 g/mol. The highest BCUT2D eigenvalue weighted by Gasteiger charge is 2.17. The summed E-state index contributed by atoms with van der Waals surface area (Å²) in [5, 5.41) is 14.9. The van der Waals surface area contributed by atoms with E-state index in [4.69, 9.17) is 19.9 Å². The van der Waals surface area contributed by atoms with Gasteiger partial charge in [0.15, 0.2) is 0 Å². The molecule has 0 spiro atoms. The Morgan fingerprint density at radius 1 is 0.684 bits per heavy atom. The summed E-state index contributed by atoms with van der Waals surface area (Å²) < 4.78 is 0. The van der Waals surface area contributed by atoms with Crippen LogP contribution in [-0.2, 0) is 0 Å². The first-order chi connectivity index (χ1) is 18.6. The van der Waals surface area contributed by atoms with Crippen LogP contribution in [0.3, 0.4) is 0 Å². The number of nitrogens with zero attached hydrogens (tertiary/aromatic N) is 5. The van der Waals surface area contributed by atoms with Crippen molar-refractivity contribution in [2.24, 2.45) is 0 Å². The first kappa shape index (κ1) is 21.2. The van der Waals surface area contributed by atoms with E-state index in [0.717, 1.165) is 88.1 Å². The predicted octanol–water partition coefficient (Wildman–Crippen LogP) is 7.34. The SMILES string of the molecule is Cc1nc2c3cccnc3c3cc(-c4ccc5c(c4)c4c[nH]ncc4c4nc(C(C)C)nc54)ccc3c2[nH]1. The Labute approximate surface area is 217 Å². The van der Waals surface area contributed by atoms with Gasteiger partial charge in [-0.3, -0.25) is 10.1 Å². The molecule has 7 heteroatoms. The number of H-pyrrole nitrogens is 2. The molecule has 8 rings (SSSR count). The van der Waals surface area contributed by atoms with E-state index in [0.29, 0.717) is 0 Å². The van der Waals surface area contributed by atoms with E-state index in [1.54, 1.807) is 0 Å². The third kappa shape index (κ3) is 2.87. The summed E-state index contributed by atoms with van der Waals surface area (Å²) in [5.74, 6) is 2.01. The van der Waals surface area contributed by atoms with E-state index in [1.807, 2.05) is 31.6 Å². The lowest BCUT2D eigenvalue weighted by Crippen LogP contribution is -1.88. The van der Waals surface area contributed by atoms with Crippen molar-refractivity contribution in [3.63, 3.8) is 0 Å². The Morgan fingerprint density at radius 3 is 2.26 bits per heavy atom. The molecule has 0 atom stereocenters. The molecular formula is C31H23N7. The predicted molar refractivity (Wildman–Crippen MR) is 153 cm³/mol. The summed E-state index contributed by atoms with van der Waals surface area (Å²) in [6, 6.07) is 17.3. The van der Waals surface area contributed by atoms with Crippen LogP contribution >= 0.6 is 0 Å². The van der Waals surface area contributed by atoms with E-state index >= 15 is 0 Å². The maximum absolute atomic E-state index is 4.93. The Hall–Kier alpha value is -4.91. The molecule has 0 saturated carbocycles. The minimum Gasteiger partial charge on any atom is -0.342 e. The van der Waals surface area contributed by atoms with Crippen molar-refractivity contribution in [2.75, 3.05) is 0 Å². The fourth-order valence-electron chi connectivity index (χ4n) is 5.74. The van der Waals surface area contributed by atoms with E-state index in [-0.39, 0.29) is 5.92 Å². The number of imidazole rings is 2. The number of fused-ring (bicyclic) bond motifs is 12. The van der Waals surface area contributed by atoms with Crippen molar-refractivity contribution in [3.8, 4) is 11.1 Å². The number of benzene rings is 4. The standard InChI is InChI=1S/C31H23N7/c1-15(2)31-37-28-19-8-6-17(11-22(19)24-13-33-34-14-25(24)30(28)38-31)18-7-9-20-23(12-18)26-21(5-4-10-32-26)29-27(20)35-16(3)36-29/h4-15,33H,1-3H3,(H,35,36). The first-order valence-corrected chi connectivity index (χ1v) is 12.8. The number of hydrogen-bond acceptors (Lipinski definition) is 5. The van der Waals surface area contributed by atoms with Gasteiger partial charge in [-0.1, -0.05) is 38.1 Å². The summed E-state index contributed by atoms with van der Waals surface area (Å²) in [4.78, 5) is 22.8. The van der Waals surface area contributed by atoms with Crippen LogP contribution in [0.1, 0.15) is 31.4 Å². The van der Waals surface area contributed by atoms with E-state index in [1.165, 1.54) is 0 Å². The van der Waals surface area contributed by atoms with Crippen molar-refractivity contribution in [2.45, 2.75) is 26.7 Å². The summed E-state index contributed by atoms with van der Waals surface area (Å²) in [6.07, 6.45) is 5.66. The molecule has 0 aliphatic rings. The van der Waals surface area contributed by atoms with Crippen molar-refractivity contribution >= 4 is 65.3 Å². The van der Waals surface area contributed by atoms with Crippen LogP contribution in [0.5, 0.6) is 0 Å². The number of pyridine rings is 1. The first-order valence-electron chi connectivity index (χ1n) is 12.8. The molecule has 0 aliphatic heterocycles. The molecule has 4 heterocycles. The molecule has 8 aromatic rings. The molecule has 0 radical (unpaired) electrons. The molecule has 0 amide bonds. The smallest absolute Gasteiger partial charge is 0.132 e. The molecule has 0 saturated heterocycles. The number of rotatable bonds is 2. The molecule has 4 aromatic heterocycles. The van der Waals surface area contributed by atoms with E-state index in [9.17, 15) is 0 Å². The van der Waals surface area contributed by atoms with Gasteiger partial charge in [0.1, 0.15) is 17.2 Å². The highest BCUT2D eigenvalue weighted by Crippen LogP contribution is 2.38. The van der Waals surface area contributed by atoms with Gasteiger partial charge in [-0.2, -0.15) is 5.10 Å². The molecule has 7 nitrogen and oxygen atoms in total. The van der Waals surface area contributed by atoms with Crippen molar-refractivity contribution in [3.05, 3.63) is 78.8 Å². The molecule has 4 aromatic carbocycles. The minimum absolute atomic E-state index is 0.251. The summed E-state index contributed by atoms with van der Waals surface area (Å²) in [5.41, 5.74) is 7.08. The van der Waals surface area contributed by atoms with Gasteiger partial charge < -0.3 is 4.98 Å². The average molecular weight is 494 g/mol. The zero-order chi connectivity index (χ0) is 25.5. The van der Waals surface area contributed by atoms with E-state index < -0.39 is 0 Å². The topological polar surface area (TPSA) is 96.0 Å². The second kappa shape index (κ2) is 7.55. The maximum Gasteiger partial charge on any atom is 0.132 e. The molecule has 0 unspecified atom stereocenters. The normalized spacial score (nSPS) is 12.3. The number of nitrogens with one attached hydrogen (secondary N) is 2. The van der Waals surface area contributed by atoms with Gasteiger partial charge >= 0.3 is 0 Å². The van der Waals surface area contributed by atoms with Crippen molar-refractivity contribution < 1.29 is 0 Å². The molecule has 38 heavy (non-hydrogen) atoms. The number of aromatic nitrogens is 7. The quantitative estimate of drug-likeness (QED) is 0.246. The van der Waals surface area contributed by atoms with Crippen LogP contribution in [0.4, 0.5) is 0 Å². The fraction of sp³-hybridized carbons (Fsp3) is 0.129. The van der Waals surface area contributed by atoms with Crippen LogP contribution in [0, 0.1) is 6.92 Å². The van der Waals surface area contributed by atoms with Gasteiger partial charge in [0.25, 0.3) is 0 Å². The summed E-state index contributed by atoms with van der Waals surface area (Å²) in [7, 11) is 0. The fourth-order valence-corrected chi connectivity index (χ4v) is 5.74. The number of hydrogen-bond donors (Lipinski definition) is 2. The zero-order valence-electron chi connectivity index (χ0n) is 21.2. The van der Waals surface area contributed by atoms with E-state index in [2.05, 4.69) is 71.5 Å². The minimum atomic E-state index is 0.251. The van der Waals surface area contributed by atoms with Crippen LogP contribution < -0.4 is 0 Å². The zero-order valence-corrected chi connectivity index (χ0v) is 21.2. The van der Waals surface area contributed by atoms with Crippen LogP contribution in [-0.4, -0.2) is 35.1 Å². The number of aryl methyl sites for hydroxylation is 1. The molecule has 0 aliphatic carbocycles. The van der Waals surface area contributed by atoms with Gasteiger partial charge in [0.2, 0.25) is 0 Å². The Bertz CT molecular complexity index is 2240. The van der Waals surface area contributed by atoms with Gasteiger partial charge in [-0.05, 0) is 47.7 Å². The van der Waals surface area contributed by atoms with Crippen LogP contribution in [0.25, 0.3) is 76.4 Å². The van der Waals surface area contributed by atoms with Crippen molar-refractivity contribution in [1.82, 2.24) is 35.1 Å². The van der Waals surface area contributed by atoms with Crippen molar-refractivity contribution in [1.29, 1.82) is 0 Å². The number of aromatic amines is 2. The average Bonchev–Trinajstić information content (AvgIpc) is 3.58. The largest absolute Gasteiger partial charge is 0.342 e. The van der Waals surface area contributed by atoms with Gasteiger partial charge in [0, 0.05) is 50.6 Å². The maximum atomic E-state index is 4.93. The third-order valence-corrected chi connectivity index (χ3v) is 7.54. The lowest BCUT2D eigenvalue weighted by Gasteiger charge is -2.10. The lowest BCUT2D eigenvalue weighted by atomic mass is 9.95. The van der Waals surface area contributed by atoms with Gasteiger partial charge in [0.05, 0.1) is 28.3 Å². The van der Waals surface area contributed by atoms with Crippen LogP contribution in [0.15, 0.2) is 67.1 Å². The molecule has 0 bridgehead atoms. The Morgan fingerprint density at radius 2 is 1.45 bits per heavy atom. The van der Waals surface area contributed by atoms with Crippen LogP contribution in [0.2, 0.25) is 0 Å². The second-order valence-corrected chi connectivity index (χ2v) is 10.3. The summed E-state index contributed by atoms with van der Waals surface area (Å²) in [6.45, 7) is 6.24. The second-order valence-electron chi connectivity index (χ2n) is 10.3. The highest BCUT2D eigenvalue weighted by molar-refractivity contribution is 6.24. The lowest BCUT2D eigenvalue weighted by molar-refractivity contribution is 0.799. The molecule has 0 fully saturated rings. The molecule has 2 N–H and O–H groups in total. The summed E-state index contributed by atoms with van der Waals surface area (Å²) >= 11 is 0. The third-order valence-electron chi connectivity index (χ3n) is 7.54. The Kier molecular flexibility index (Phi) is 4.21. The molecule has 182 valence electrons. The highest BCUT2D eigenvalue weighted by atomic mass is 15.1. The Balaban J connectivity index is 1.42. The van der Waals surface area contributed by atoms with Gasteiger partial charge in [-0.25, -0.2) is 15.0 Å².